The summed E-state index contributed by atoms with van der Waals surface area (Å²) in [4.78, 5) is 3.66. The van der Waals surface area contributed by atoms with E-state index in [0.717, 1.165) is 6.20 Å². The molecule has 0 bridgehead atoms. The van der Waals surface area contributed by atoms with Gasteiger partial charge in [0, 0.05) is 16.6 Å². The fraction of sp³-hybridized carbons (Fsp3) is 0. The monoisotopic (exact) mass is 346 g/mol. The Kier molecular flexibility index (Phi) is 3.83. The van der Waals surface area contributed by atoms with E-state index >= 15 is 0 Å². The summed E-state index contributed by atoms with van der Waals surface area (Å²) in [5.74, 6) is -0.0989. The predicted molar refractivity (Wildman–Crippen MR) is 69.8 cm³/mol. The zero-order valence-electron chi connectivity index (χ0n) is 9.38. The lowest BCUT2D eigenvalue weighted by Crippen LogP contribution is -2.12. The van der Waals surface area contributed by atoms with Crippen molar-refractivity contribution < 1.29 is 17.5 Å². The first-order chi connectivity index (χ1) is 8.84. The number of hydrogen-bond acceptors (Lipinski definition) is 4. The highest BCUT2D eigenvalue weighted by atomic mass is 79.9. The van der Waals surface area contributed by atoms with Gasteiger partial charge in [-0.1, -0.05) is 15.9 Å². The van der Waals surface area contributed by atoms with E-state index in [1.807, 2.05) is 0 Å². The quantitative estimate of drug-likeness (QED) is 0.925. The number of aromatic nitrogens is 1. The second kappa shape index (κ2) is 5.24. The second-order valence-electron chi connectivity index (χ2n) is 3.58. The predicted octanol–water partition coefficient (Wildman–Crippen LogP) is 2.42. The van der Waals surface area contributed by atoms with Gasteiger partial charge < -0.3 is 4.74 Å². The van der Waals surface area contributed by atoms with Crippen LogP contribution < -0.4 is 9.88 Å². The third-order valence-electron chi connectivity index (χ3n) is 2.10. The molecule has 5 nitrogen and oxygen atoms in total. The molecule has 0 aliphatic carbocycles. The van der Waals surface area contributed by atoms with Gasteiger partial charge in [-0.2, -0.15) is 0 Å². The summed E-state index contributed by atoms with van der Waals surface area (Å²) >= 11 is 3.13. The molecule has 0 spiro atoms. The average molecular weight is 347 g/mol. The zero-order chi connectivity index (χ0) is 14.0. The van der Waals surface area contributed by atoms with Crippen LogP contribution in [0.15, 0.2) is 45.9 Å². The van der Waals surface area contributed by atoms with Crippen molar-refractivity contribution in [3.05, 3.63) is 46.8 Å². The summed E-state index contributed by atoms with van der Waals surface area (Å²) in [7, 11) is -3.79. The zero-order valence-corrected chi connectivity index (χ0v) is 11.8. The topological polar surface area (TPSA) is 82.3 Å². The number of ether oxygens (including phenoxy) is 1. The van der Waals surface area contributed by atoms with Crippen molar-refractivity contribution in [1.29, 1.82) is 0 Å². The molecule has 1 heterocycles. The first-order valence-electron chi connectivity index (χ1n) is 4.97. The molecule has 19 heavy (non-hydrogen) atoms. The van der Waals surface area contributed by atoms with E-state index in [4.69, 9.17) is 9.88 Å². The van der Waals surface area contributed by atoms with E-state index < -0.39 is 15.8 Å². The summed E-state index contributed by atoms with van der Waals surface area (Å²) in [5, 5.41) is 4.93. The number of pyridine rings is 1. The number of rotatable bonds is 3. The first kappa shape index (κ1) is 13.9. The lowest BCUT2D eigenvalue weighted by Gasteiger charge is -2.05. The standard InChI is InChI=1S/C11H8BrFN2O3S/c12-7-3-8(13)5-9(4-7)18-11-2-1-10(6-15-11)19(14,16)17/h1-6H,(H2,14,16,17). The van der Waals surface area contributed by atoms with Gasteiger partial charge in [-0.15, -0.1) is 0 Å². The van der Waals surface area contributed by atoms with Gasteiger partial charge in [-0.25, -0.2) is 22.9 Å². The lowest BCUT2D eigenvalue weighted by molar-refractivity contribution is 0.456. The molecule has 100 valence electrons. The molecule has 0 saturated carbocycles. The summed E-state index contributed by atoms with van der Waals surface area (Å²) < 4.78 is 41.0. The van der Waals surface area contributed by atoms with Crippen molar-refractivity contribution in [1.82, 2.24) is 4.98 Å². The first-order valence-corrected chi connectivity index (χ1v) is 7.31. The fourth-order valence-corrected chi connectivity index (χ4v) is 2.21. The van der Waals surface area contributed by atoms with Crippen LogP contribution >= 0.6 is 15.9 Å². The van der Waals surface area contributed by atoms with Crippen LogP contribution in [0.5, 0.6) is 11.6 Å². The number of sulfonamides is 1. The molecular formula is C11H8BrFN2O3S. The Morgan fingerprint density at radius 2 is 2.00 bits per heavy atom. The highest BCUT2D eigenvalue weighted by molar-refractivity contribution is 9.10. The molecule has 0 atom stereocenters. The number of nitrogens with zero attached hydrogens (tertiary/aromatic N) is 1. The van der Waals surface area contributed by atoms with E-state index in [2.05, 4.69) is 20.9 Å². The number of hydrogen-bond donors (Lipinski definition) is 1. The van der Waals surface area contributed by atoms with E-state index in [9.17, 15) is 12.8 Å². The maximum absolute atomic E-state index is 13.1. The minimum atomic E-state index is -3.79. The highest BCUT2D eigenvalue weighted by Gasteiger charge is 2.09. The van der Waals surface area contributed by atoms with Crippen molar-refractivity contribution >= 4 is 26.0 Å². The van der Waals surface area contributed by atoms with Crippen LogP contribution in [-0.2, 0) is 10.0 Å². The Morgan fingerprint density at radius 3 is 2.53 bits per heavy atom. The Bertz CT molecular complexity index is 684. The molecule has 1 aromatic carbocycles. The molecule has 2 aromatic rings. The van der Waals surface area contributed by atoms with E-state index in [1.165, 1.54) is 24.3 Å². The highest BCUT2D eigenvalue weighted by Crippen LogP contribution is 2.25. The smallest absolute Gasteiger partial charge is 0.239 e. The van der Waals surface area contributed by atoms with Gasteiger partial charge in [0.1, 0.15) is 16.5 Å². The van der Waals surface area contributed by atoms with Crippen molar-refractivity contribution in [2.75, 3.05) is 0 Å². The molecule has 0 saturated heterocycles. The molecule has 2 N–H and O–H groups in total. The van der Waals surface area contributed by atoms with Crippen molar-refractivity contribution in [3.8, 4) is 11.6 Å². The van der Waals surface area contributed by atoms with Crippen LogP contribution in [0.4, 0.5) is 4.39 Å². The average Bonchev–Trinajstić information content (AvgIpc) is 2.26. The molecule has 0 unspecified atom stereocenters. The van der Waals surface area contributed by atoms with Gasteiger partial charge in [-0.05, 0) is 18.2 Å². The van der Waals surface area contributed by atoms with Gasteiger partial charge in [0.15, 0.2) is 0 Å². The second-order valence-corrected chi connectivity index (χ2v) is 6.06. The number of nitrogens with two attached hydrogens (primary N) is 1. The third-order valence-corrected chi connectivity index (χ3v) is 3.45. The Morgan fingerprint density at radius 1 is 1.26 bits per heavy atom. The Balaban J connectivity index is 2.24. The largest absolute Gasteiger partial charge is 0.439 e. The fourth-order valence-electron chi connectivity index (χ4n) is 1.30. The molecule has 0 aliphatic rings. The maximum atomic E-state index is 13.1. The van der Waals surface area contributed by atoms with Crippen LogP contribution in [0, 0.1) is 5.82 Å². The van der Waals surface area contributed by atoms with E-state index in [1.54, 1.807) is 6.07 Å². The summed E-state index contributed by atoms with van der Waals surface area (Å²) in [6.45, 7) is 0. The Labute approximate surface area is 117 Å². The van der Waals surface area contributed by atoms with Crippen LogP contribution in [0.3, 0.4) is 0 Å². The molecule has 8 heteroatoms. The van der Waals surface area contributed by atoms with Crippen LogP contribution in [0.25, 0.3) is 0 Å². The summed E-state index contributed by atoms with van der Waals surface area (Å²) in [6.07, 6.45) is 1.07. The van der Waals surface area contributed by atoms with Gasteiger partial charge in [0.05, 0.1) is 6.20 Å². The molecule has 0 amide bonds. The number of halogens is 2. The van der Waals surface area contributed by atoms with Gasteiger partial charge in [0.2, 0.25) is 15.9 Å². The van der Waals surface area contributed by atoms with Crippen molar-refractivity contribution in [2.45, 2.75) is 4.90 Å². The third kappa shape index (κ3) is 3.72. The molecule has 0 aliphatic heterocycles. The van der Waals surface area contributed by atoms with Crippen molar-refractivity contribution in [2.24, 2.45) is 5.14 Å². The molecular weight excluding hydrogens is 339 g/mol. The van der Waals surface area contributed by atoms with Gasteiger partial charge >= 0.3 is 0 Å². The normalized spacial score (nSPS) is 11.3. The van der Waals surface area contributed by atoms with Gasteiger partial charge in [-0.3, -0.25) is 0 Å². The maximum Gasteiger partial charge on any atom is 0.239 e. The van der Waals surface area contributed by atoms with E-state index in [0.29, 0.717) is 4.47 Å². The lowest BCUT2D eigenvalue weighted by atomic mass is 10.3. The van der Waals surface area contributed by atoms with E-state index in [-0.39, 0.29) is 16.5 Å². The number of benzene rings is 1. The minimum Gasteiger partial charge on any atom is -0.439 e. The summed E-state index contributed by atoms with van der Waals surface area (Å²) in [5.41, 5.74) is 0. The van der Waals surface area contributed by atoms with Crippen molar-refractivity contribution in [3.63, 3.8) is 0 Å². The van der Waals surface area contributed by atoms with Gasteiger partial charge in [0.25, 0.3) is 0 Å². The Hall–Kier alpha value is -1.51. The van der Waals surface area contributed by atoms with Crippen LogP contribution in [0.2, 0.25) is 0 Å². The number of primary sulfonamides is 1. The van der Waals surface area contributed by atoms with Crippen LogP contribution in [-0.4, -0.2) is 13.4 Å². The molecule has 0 radical (unpaired) electrons. The molecule has 0 fully saturated rings. The molecule has 1 aromatic heterocycles. The molecule has 2 rings (SSSR count). The van der Waals surface area contributed by atoms with Crippen LogP contribution in [0.1, 0.15) is 0 Å². The summed E-state index contributed by atoms with van der Waals surface area (Å²) in [6, 6.07) is 6.60. The SMILES string of the molecule is NS(=O)(=O)c1ccc(Oc2cc(F)cc(Br)c2)nc1. The minimum absolute atomic E-state index is 0.125.